The van der Waals surface area contributed by atoms with Gasteiger partial charge in [-0.2, -0.15) is 0 Å². The summed E-state index contributed by atoms with van der Waals surface area (Å²) >= 11 is 3.02. The summed E-state index contributed by atoms with van der Waals surface area (Å²) in [5.74, 6) is 0.444. The fourth-order valence-corrected chi connectivity index (χ4v) is 1.32. The molecule has 0 aliphatic rings. The Morgan fingerprint density at radius 3 is 1.32 bits per heavy atom. The van der Waals surface area contributed by atoms with Gasteiger partial charge < -0.3 is 9.80 Å². The fraction of sp³-hybridized carbons (Fsp3) is 0.286. The third kappa shape index (κ3) is 9.97. The molecule has 0 unspecified atom stereocenters. The van der Waals surface area contributed by atoms with Crippen LogP contribution < -0.4 is 0 Å². The number of hydrogen-bond acceptors (Lipinski definition) is 2. The van der Waals surface area contributed by atoms with Crippen molar-refractivity contribution < 1.29 is 20.1 Å². The molecule has 0 bridgehead atoms. The van der Waals surface area contributed by atoms with Gasteiger partial charge in [0.15, 0.2) is 5.96 Å². The SMILES string of the molecule is C=CCN(CC=C)C(=N)N(CC=C)CC=C.O=[C]=[Co]. The van der Waals surface area contributed by atoms with Crippen LogP contribution in [0.4, 0.5) is 0 Å². The van der Waals surface area contributed by atoms with Gasteiger partial charge in [0.1, 0.15) is 0 Å². The van der Waals surface area contributed by atoms with Crippen LogP contribution in [-0.4, -0.2) is 46.8 Å². The molecule has 0 radical (unpaired) electrons. The zero-order valence-corrected chi connectivity index (χ0v) is 12.1. The van der Waals surface area contributed by atoms with Crippen LogP contribution in [0.5, 0.6) is 0 Å². The first-order chi connectivity index (χ1) is 9.12. The van der Waals surface area contributed by atoms with Crippen LogP contribution in [0.2, 0.25) is 0 Å². The summed E-state index contributed by atoms with van der Waals surface area (Å²) in [4.78, 5) is 13.5. The monoisotopic (exact) mass is 306 g/mol. The van der Waals surface area contributed by atoms with Crippen LogP contribution in [0.3, 0.4) is 0 Å². The number of rotatable bonds is 8. The quantitative estimate of drug-likeness (QED) is 0.423. The Balaban J connectivity index is 0. The maximum atomic E-state index is 8.54. The molecule has 0 aromatic rings. The third-order valence-corrected chi connectivity index (χ3v) is 2.00. The Morgan fingerprint density at radius 1 is 0.947 bits per heavy atom. The van der Waals surface area contributed by atoms with Crippen LogP contribution in [-0.2, 0) is 20.1 Å². The summed E-state index contributed by atoms with van der Waals surface area (Å²) in [6.07, 6.45) is 7.10. The molecule has 0 saturated heterocycles. The minimum atomic E-state index is 0.444. The van der Waals surface area contributed by atoms with Crippen molar-refractivity contribution in [3.05, 3.63) is 50.6 Å². The summed E-state index contributed by atoms with van der Waals surface area (Å²) < 4.78 is 0. The zero-order chi connectivity index (χ0) is 15.1. The second kappa shape index (κ2) is 14.4. The third-order valence-electron chi connectivity index (χ3n) is 2.00. The second-order valence-corrected chi connectivity index (χ2v) is 3.57. The molecule has 19 heavy (non-hydrogen) atoms. The topological polar surface area (TPSA) is 47.4 Å². The van der Waals surface area contributed by atoms with E-state index in [2.05, 4.69) is 41.6 Å². The van der Waals surface area contributed by atoms with Crippen LogP contribution >= 0.6 is 0 Å². The molecule has 107 valence electrons. The summed E-state index contributed by atoms with van der Waals surface area (Å²) in [5, 5.41) is 8.08. The van der Waals surface area contributed by atoms with Gasteiger partial charge in [-0.15, -0.1) is 26.3 Å². The van der Waals surface area contributed by atoms with Crippen molar-refractivity contribution in [1.82, 2.24) is 9.80 Å². The molecule has 0 amide bonds. The minimum absolute atomic E-state index is 0.444. The van der Waals surface area contributed by atoms with Crippen LogP contribution in [0.1, 0.15) is 0 Å². The molecule has 0 aromatic heterocycles. The second-order valence-electron chi connectivity index (χ2n) is 3.36. The van der Waals surface area contributed by atoms with Crippen LogP contribution in [0, 0.1) is 5.41 Å². The predicted molar refractivity (Wildman–Crippen MR) is 77.4 cm³/mol. The molecule has 0 aliphatic carbocycles. The number of nitrogens with one attached hydrogen (secondary N) is 1. The average molecular weight is 306 g/mol. The van der Waals surface area contributed by atoms with Gasteiger partial charge in [-0.25, -0.2) is 0 Å². The first-order valence-electron chi connectivity index (χ1n) is 5.60. The van der Waals surface area contributed by atoms with Crippen molar-refractivity contribution in [2.24, 2.45) is 0 Å². The standard InChI is InChI=1S/C13H21N3.CO.Co/c1-5-9-15(10-6-2)13(14)16(11-7-3)12-8-4;1-2;/h5-8,14H,1-4,9-12H2;;. The van der Waals surface area contributed by atoms with Gasteiger partial charge in [0.25, 0.3) is 0 Å². The van der Waals surface area contributed by atoms with E-state index >= 15 is 0 Å². The number of hydrogen-bond donors (Lipinski definition) is 1. The molecule has 0 aromatic carbocycles. The molecule has 1 N–H and O–H groups in total. The first kappa shape index (κ1) is 19.7. The van der Waals surface area contributed by atoms with E-state index in [1.807, 2.05) is 9.80 Å². The normalized spacial score (nSPS) is 8.05. The van der Waals surface area contributed by atoms with Crippen molar-refractivity contribution in [1.29, 1.82) is 5.41 Å². The van der Waals surface area contributed by atoms with Gasteiger partial charge in [-0.05, 0) is 0 Å². The zero-order valence-electron chi connectivity index (χ0n) is 11.1. The van der Waals surface area contributed by atoms with E-state index in [4.69, 9.17) is 10.2 Å². The molecular weight excluding hydrogens is 285 g/mol. The van der Waals surface area contributed by atoms with Gasteiger partial charge in [0, 0.05) is 26.2 Å². The van der Waals surface area contributed by atoms with Crippen molar-refractivity contribution in [3.8, 4) is 0 Å². The van der Waals surface area contributed by atoms with E-state index in [9.17, 15) is 0 Å². The van der Waals surface area contributed by atoms with Crippen molar-refractivity contribution in [2.75, 3.05) is 26.2 Å². The van der Waals surface area contributed by atoms with Gasteiger partial charge in [0.2, 0.25) is 0 Å². The van der Waals surface area contributed by atoms with Crippen molar-refractivity contribution in [2.45, 2.75) is 0 Å². The summed E-state index contributed by atoms with van der Waals surface area (Å²) in [6.45, 7) is 17.3. The van der Waals surface area contributed by atoms with E-state index in [1.54, 1.807) is 24.3 Å². The molecule has 0 atom stereocenters. The van der Waals surface area contributed by atoms with E-state index in [0.29, 0.717) is 32.1 Å². The van der Waals surface area contributed by atoms with E-state index in [1.165, 1.54) is 4.82 Å². The average Bonchev–Trinajstić information content (AvgIpc) is 2.38. The van der Waals surface area contributed by atoms with Crippen molar-refractivity contribution in [3.63, 3.8) is 0 Å². The van der Waals surface area contributed by atoms with Crippen LogP contribution in [0.25, 0.3) is 0 Å². The Labute approximate surface area is 123 Å². The number of nitrogens with zero attached hydrogens (tertiary/aromatic N) is 2. The maximum absolute atomic E-state index is 8.54. The molecule has 0 rings (SSSR count). The van der Waals surface area contributed by atoms with Gasteiger partial charge in [0.05, 0.1) is 0 Å². The molecule has 0 aliphatic heterocycles. The summed E-state index contributed by atoms with van der Waals surface area (Å²) in [6, 6.07) is 0. The Bertz CT molecular complexity index is 301. The van der Waals surface area contributed by atoms with Gasteiger partial charge in [-0.1, -0.05) is 24.3 Å². The summed E-state index contributed by atoms with van der Waals surface area (Å²) in [7, 11) is 0. The Morgan fingerprint density at radius 2 is 1.16 bits per heavy atom. The molecule has 0 fully saturated rings. The van der Waals surface area contributed by atoms with Gasteiger partial charge in [-0.3, -0.25) is 5.41 Å². The Kier molecular flexibility index (Phi) is 14.9. The van der Waals surface area contributed by atoms with Gasteiger partial charge >= 0.3 is 24.9 Å². The molecule has 4 nitrogen and oxygen atoms in total. The van der Waals surface area contributed by atoms with E-state index in [-0.39, 0.29) is 0 Å². The molecule has 5 heteroatoms. The first-order valence-corrected chi connectivity index (χ1v) is 6.12. The number of carbonyl (C=O) groups excluding carboxylic acids is 1. The molecule has 0 heterocycles. The van der Waals surface area contributed by atoms with E-state index < -0.39 is 0 Å². The molecule has 0 spiro atoms. The molecular formula is C14H21CoN3O. The summed E-state index contributed by atoms with van der Waals surface area (Å²) in [5.41, 5.74) is 0. The predicted octanol–water partition coefficient (Wildman–Crippen LogP) is 1.87. The van der Waals surface area contributed by atoms with Crippen molar-refractivity contribution >= 4 is 10.8 Å². The Hall–Kier alpha value is -1.68. The number of guanidine groups is 1. The fourth-order valence-electron chi connectivity index (χ4n) is 1.32. The molecule has 0 saturated carbocycles. The van der Waals surface area contributed by atoms with Crippen LogP contribution in [0.15, 0.2) is 50.6 Å². The van der Waals surface area contributed by atoms with E-state index in [0.717, 1.165) is 0 Å².